The van der Waals surface area contributed by atoms with Crippen molar-refractivity contribution in [2.75, 3.05) is 26.7 Å². The van der Waals surface area contributed by atoms with Crippen LogP contribution in [0.1, 0.15) is 24.8 Å². The Bertz CT molecular complexity index is 962. The quantitative estimate of drug-likeness (QED) is 0.588. The third-order valence-electron chi connectivity index (χ3n) is 6.17. The number of piperidine rings is 1. The lowest BCUT2D eigenvalue weighted by molar-refractivity contribution is 0.0690. The molecular formula is C23H30N4O4. The Labute approximate surface area is 181 Å². The van der Waals surface area contributed by atoms with Crippen molar-refractivity contribution in [2.45, 2.75) is 37.9 Å². The highest BCUT2D eigenvalue weighted by Gasteiger charge is 2.41. The van der Waals surface area contributed by atoms with Crippen LogP contribution in [-0.2, 0) is 6.54 Å². The van der Waals surface area contributed by atoms with Gasteiger partial charge in [-0.1, -0.05) is 18.2 Å². The molecule has 0 aromatic heterocycles. The number of benzene rings is 2. The van der Waals surface area contributed by atoms with E-state index in [1.807, 2.05) is 29.2 Å². The number of hydrogen-bond donors (Lipinski definition) is 4. The number of nitrogens with one attached hydrogen (secondary N) is 2. The molecule has 4 N–H and O–H groups in total. The summed E-state index contributed by atoms with van der Waals surface area (Å²) in [6.07, 6.45) is 2.62. The first kappa shape index (κ1) is 21.2. The second kappa shape index (κ2) is 9.01. The summed E-state index contributed by atoms with van der Waals surface area (Å²) in [7, 11) is 1.59. The van der Waals surface area contributed by atoms with Gasteiger partial charge in [0.2, 0.25) is 0 Å². The van der Waals surface area contributed by atoms with Crippen LogP contribution in [0, 0.1) is 5.92 Å². The summed E-state index contributed by atoms with van der Waals surface area (Å²) >= 11 is 0. The highest BCUT2D eigenvalue weighted by atomic mass is 16.3. The second-order valence-electron chi connectivity index (χ2n) is 8.56. The predicted octanol–water partition coefficient (Wildman–Crippen LogP) is 2.24. The average Bonchev–Trinajstić information content (AvgIpc) is 3.62. The molecule has 1 aliphatic carbocycles. The van der Waals surface area contributed by atoms with Gasteiger partial charge in [0, 0.05) is 45.2 Å². The molecular weight excluding hydrogens is 396 g/mol. The smallest absolute Gasteiger partial charge is 0.318 e. The summed E-state index contributed by atoms with van der Waals surface area (Å²) in [5.41, 5.74) is 0.978. The van der Waals surface area contributed by atoms with E-state index in [0.717, 1.165) is 29.2 Å². The van der Waals surface area contributed by atoms with Gasteiger partial charge in [-0.15, -0.1) is 0 Å². The third kappa shape index (κ3) is 4.85. The van der Waals surface area contributed by atoms with E-state index in [-0.39, 0.29) is 42.4 Å². The van der Waals surface area contributed by atoms with Crippen molar-refractivity contribution in [3.8, 4) is 5.75 Å². The summed E-state index contributed by atoms with van der Waals surface area (Å²) in [5, 5.41) is 27.0. The van der Waals surface area contributed by atoms with Crippen molar-refractivity contribution in [3.05, 3.63) is 42.0 Å². The number of aliphatic hydroxyl groups excluding tert-OH is 1. The number of urea groups is 2. The SMILES string of the molecule is CNC(=O)N1CC(CO)CC(N(C(=O)NCc2ccc3cc(O)ccc3c2)C2CC2)C1. The molecule has 1 saturated carbocycles. The maximum absolute atomic E-state index is 13.1. The molecule has 2 aliphatic rings. The highest BCUT2D eigenvalue weighted by Crippen LogP contribution is 2.33. The molecule has 2 fully saturated rings. The Hall–Kier alpha value is -3.00. The van der Waals surface area contributed by atoms with Gasteiger partial charge in [0.25, 0.3) is 0 Å². The molecule has 31 heavy (non-hydrogen) atoms. The zero-order valence-electron chi connectivity index (χ0n) is 17.8. The minimum absolute atomic E-state index is 0.00321. The third-order valence-corrected chi connectivity index (χ3v) is 6.17. The number of aliphatic hydroxyl groups is 1. The number of hydrogen-bond acceptors (Lipinski definition) is 4. The van der Waals surface area contributed by atoms with Crippen LogP contribution in [0.4, 0.5) is 9.59 Å². The Morgan fingerprint density at radius 2 is 1.84 bits per heavy atom. The van der Waals surface area contributed by atoms with Crippen LogP contribution in [0.3, 0.4) is 0 Å². The monoisotopic (exact) mass is 426 g/mol. The predicted molar refractivity (Wildman–Crippen MR) is 118 cm³/mol. The number of fused-ring (bicyclic) bond motifs is 1. The average molecular weight is 427 g/mol. The first-order chi connectivity index (χ1) is 15.0. The summed E-state index contributed by atoms with van der Waals surface area (Å²) in [6.45, 7) is 1.37. The number of nitrogens with zero attached hydrogens (tertiary/aromatic N) is 2. The van der Waals surface area contributed by atoms with Crippen LogP contribution in [0.5, 0.6) is 5.75 Å². The Morgan fingerprint density at radius 1 is 1.10 bits per heavy atom. The van der Waals surface area contributed by atoms with Crippen molar-refractivity contribution >= 4 is 22.8 Å². The van der Waals surface area contributed by atoms with Crippen LogP contribution in [0.15, 0.2) is 36.4 Å². The molecule has 0 bridgehead atoms. The van der Waals surface area contributed by atoms with Gasteiger partial charge in [-0.25, -0.2) is 9.59 Å². The van der Waals surface area contributed by atoms with Crippen LogP contribution < -0.4 is 10.6 Å². The molecule has 4 rings (SSSR count). The number of amides is 4. The normalized spacial score (nSPS) is 21.0. The van der Waals surface area contributed by atoms with Crippen LogP contribution in [-0.4, -0.2) is 70.9 Å². The van der Waals surface area contributed by atoms with Crippen LogP contribution >= 0.6 is 0 Å². The molecule has 8 heteroatoms. The van der Waals surface area contributed by atoms with Gasteiger partial charge in [-0.3, -0.25) is 0 Å². The molecule has 8 nitrogen and oxygen atoms in total. The van der Waals surface area contributed by atoms with Gasteiger partial charge in [0.05, 0.1) is 6.04 Å². The van der Waals surface area contributed by atoms with E-state index in [0.29, 0.717) is 26.1 Å². The lowest BCUT2D eigenvalue weighted by Crippen LogP contribution is -2.58. The fraction of sp³-hybridized carbons (Fsp3) is 0.478. The second-order valence-corrected chi connectivity index (χ2v) is 8.56. The van der Waals surface area contributed by atoms with Crippen molar-refractivity contribution in [1.82, 2.24) is 20.4 Å². The van der Waals surface area contributed by atoms with Crippen LogP contribution in [0.2, 0.25) is 0 Å². The van der Waals surface area contributed by atoms with E-state index in [2.05, 4.69) is 10.6 Å². The molecule has 2 atom stereocenters. The number of aromatic hydroxyl groups is 1. The Balaban J connectivity index is 1.45. The van der Waals surface area contributed by atoms with Crippen molar-refractivity contribution in [3.63, 3.8) is 0 Å². The molecule has 4 amide bonds. The van der Waals surface area contributed by atoms with Gasteiger partial charge in [-0.05, 0) is 53.8 Å². The maximum Gasteiger partial charge on any atom is 0.318 e. The number of phenolic OH excluding ortho intramolecular Hbond substituents is 1. The summed E-state index contributed by atoms with van der Waals surface area (Å²) in [5.74, 6) is 0.190. The number of likely N-dealkylation sites (tertiary alicyclic amines) is 1. The van der Waals surface area contributed by atoms with E-state index >= 15 is 0 Å². The largest absolute Gasteiger partial charge is 0.508 e. The summed E-state index contributed by atoms with van der Waals surface area (Å²) in [4.78, 5) is 28.9. The van der Waals surface area contributed by atoms with E-state index in [1.54, 1.807) is 24.1 Å². The molecule has 1 aliphatic heterocycles. The number of carbonyl (C=O) groups is 2. The van der Waals surface area contributed by atoms with E-state index < -0.39 is 0 Å². The van der Waals surface area contributed by atoms with E-state index in [1.165, 1.54) is 0 Å². The first-order valence-electron chi connectivity index (χ1n) is 10.8. The number of rotatable bonds is 5. The molecule has 2 unspecified atom stereocenters. The Kier molecular flexibility index (Phi) is 6.18. The minimum atomic E-state index is -0.179. The van der Waals surface area contributed by atoms with Crippen molar-refractivity contribution in [1.29, 1.82) is 0 Å². The van der Waals surface area contributed by atoms with Crippen molar-refractivity contribution < 1.29 is 19.8 Å². The fourth-order valence-corrected chi connectivity index (χ4v) is 4.48. The van der Waals surface area contributed by atoms with Gasteiger partial charge in [-0.2, -0.15) is 0 Å². The lowest BCUT2D eigenvalue weighted by Gasteiger charge is -2.42. The minimum Gasteiger partial charge on any atom is -0.508 e. The first-order valence-corrected chi connectivity index (χ1v) is 10.8. The molecule has 1 heterocycles. The molecule has 2 aromatic rings. The summed E-state index contributed by atoms with van der Waals surface area (Å²) in [6, 6.07) is 10.9. The van der Waals surface area contributed by atoms with Gasteiger partial charge >= 0.3 is 12.1 Å². The topological polar surface area (TPSA) is 105 Å². The van der Waals surface area contributed by atoms with E-state index in [9.17, 15) is 19.8 Å². The zero-order chi connectivity index (χ0) is 22.0. The van der Waals surface area contributed by atoms with Gasteiger partial charge in [0.1, 0.15) is 5.75 Å². The number of carbonyl (C=O) groups excluding carboxylic acids is 2. The number of phenols is 1. The molecule has 2 aromatic carbocycles. The molecule has 0 spiro atoms. The zero-order valence-corrected chi connectivity index (χ0v) is 17.8. The van der Waals surface area contributed by atoms with Gasteiger partial charge < -0.3 is 30.6 Å². The van der Waals surface area contributed by atoms with Crippen molar-refractivity contribution in [2.24, 2.45) is 5.92 Å². The van der Waals surface area contributed by atoms with Gasteiger partial charge in [0.15, 0.2) is 0 Å². The Morgan fingerprint density at radius 3 is 2.55 bits per heavy atom. The highest BCUT2D eigenvalue weighted by molar-refractivity contribution is 5.84. The molecule has 1 saturated heterocycles. The molecule has 166 valence electrons. The lowest BCUT2D eigenvalue weighted by atomic mass is 9.94. The standard InChI is InChI=1S/C23H30N4O4/c1-24-22(30)26-12-16(14-28)9-20(13-26)27(19-5-6-19)23(31)25-11-15-2-3-18-10-21(29)7-4-17(18)8-15/h2-4,7-8,10,16,19-20,28-29H,5-6,9,11-14H2,1H3,(H,24,30)(H,25,31). The maximum atomic E-state index is 13.1. The summed E-state index contributed by atoms with van der Waals surface area (Å²) < 4.78 is 0. The fourth-order valence-electron chi connectivity index (χ4n) is 4.48. The molecule has 0 radical (unpaired) electrons. The van der Waals surface area contributed by atoms with E-state index in [4.69, 9.17) is 0 Å². The van der Waals surface area contributed by atoms with Crippen LogP contribution in [0.25, 0.3) is 10.8 Å².